The first kappa shape index (κ1) is 4.71. The average molecular weight is 328 g/mol. The molecule has 4 nitrogen and oxygen atoms in total. The van der Waals surface area contributed by atoms with Crippen LogP contribution < -0.4 is 10.1 Å². The van der Waals surface area contributed by atoms with E-state index in [0.717, 1.165) is 24.3 Å². The van der Waals surface area contributed by atoms with E-state index in [1.54, 1.807) is 0 Å². The van der Waals surface area contributed by atoms with E-state index in [9.17, 15) is 5.11 Å². The molecule has 0 heterocycles. The summed E-state index contributed by atoms with van der Waals surface area (Å²) in [5.74, 6) is -3.38. The van der Waals surface area contributed by atoms with Gasteiger partial charge in [-0.25, -0.2) is 0 Å². The van der Waals surface area contributed by atoms with E-state index in [1.165, 1.54) is 5.32 Å². The molecule has 0 spiro atoms. The fraction of sp³-hybridized carbons (Fsp3) is 0.667. The fourth-order valence-corrected chi connectivity index (χ4v) is 1.25. The largest absolute Gasteiger partial charge is 0.491 e. The SMILES string of the molecule is [2H]C([2H])(NC([2H])(C([2H])([2H])[2H])C([2H])([2H])[2H])C(O)COc1ccc(C([2H])([2H])C([2H])([2H])OC([2H])([2H])C2([2H])C([2H])([2H])C2([2H])[2H])cc1. The smallest absolute Gasteiger partial charge is 0.119 e. The van der Waals surface area contributed by atoms with Gasteiger partial charge < -0.3 is 19.9 Å². The molecule has 0 aromatic heterocycles. The van der Waals surface area contributed by atoms with Crippen molar-refractivity contribution in [3.05, 3.63) is 29.8 Å². The molecule has 0 radical (unpaired) electrons. The van der Waals surface area contributed by atoms with Gasteiger partial charge in [-0.3, -0.25) is 0 Å². The highest BCUT2D eigenvalue weighted by molar-refractivity contribution is 5.27. The second-order valence-corrected chi connectivity index (χ2v) is 4.05. The summed E-state index contributed by atoms with van der Waals surface area (Å²) in [4.78, 5) is 0. The molecule has 1 aromatic rings. The summed E-state index contributed by atoms with van der Waals surface area (Å²) in [5, 5.41) is 11.8. The lowest BCUT2D eigenvalue weighted by Crippen LogP contribution is -2.35. The van der Waals surface area contributed by atoms with Crippen LogP contribution in [0.5, 0.6) is 5.75 Å². The van der Waals surface area contributed by atoms with Crippen LogP contribution in [0, 0.1) is 5.89 Å². The monoisotopic (exact) mass is 327 g/mol. The van der Waals surface area contributed by atoms with E-state index in [2.05, 4.69) is 4.74 Å². The minimum Gasteiger partial charge on any atom is -0.491 e. The van der Waals surface area contributed by atoms with Gasteiger partial charge in [0.05, 0.1) is 12.0 Å². The predicted octanol–water partition coefficient (Wildman–Crippen LogP) is 2.39. The van der Waals surface area contributed by atoms with E-state index < -0.39 is 82.6 Å². The Hall–Kier alpha value is -1.10. The Morgan fingerprint density at radius 1 is 1.50 bits per heavy atom. The maximum absolute atomic E-state index is 10.2. The summed E-state index contributed by atoms with van der Waals surface area (Å²) >= 11 is 0. The highest BCUT2D eigenvalue weighted by atomic mass is 16.5. The van der Waals surface area contributed by atoms with Crippen molar-refractivity contribution in [1.29, 1.82) is 0 Å². The first-order chi connectivity index (χ1) is 18.3. The molecule has 1 saturated carbocycles. The number of benzene rings is 1. The summed E-state index contributed by atoms with van der Waals surface area (Å²) in [6, 6.07) is 0.430. The van der Waals surface area contributed by atoms with Gasteiger partial charge in [0.25, 0.3) is 0 Å². The van der Waals surface area contributed by atoms with Crippen molar-refractivity contribution >= 4 is 0 Å². The quantitative estimate of drug-likeness (QED) is 0.655. The molecule has 2 N–H and O–H groups in total. The van der Waals surface area contributed by atoms with Crippen LogP contribution in [0.4, 0.5) is 0 Å². The summed E-state index contributed by atoms with van der Waals surface area (Å²) in [6.07, 6.45) is -11.5. The Morgan fingerprint density at radius 3 is 2.95 bits per heavy atom. The molecule has 124 valence electrons. The molecular weight excluding hydrogens is 278 g/mol. The minimum atomic E-state index is -3.63. The fourth-order valence-electron chi connectivity index (χ4n) is 1.25. The second kappa shape index (κ2) is 9.13. The zero-order chi connectivity index (χ0) is 33.4. The lowest BCUT2D eigenvalue weighted by Gasteiger charge is -2.15. The van der Waals surface area contributed by atoms with Crippen LogP contribution in [-0.4, -0.2) is 43.5 Å². The highest BCUT2D eigenvalue weighted by Gasteiger charge is 2.20. The van der Waals surface area contributed by atoms with Gasteiger partial charge in [-0.2, -0.15) is 0 Å². The lowest BCUT2D eigenvalue weighted by atomic mass is 10.1. The maximum Gasteiger partial charge on any atom is 0.119 e. The third kappa shape index (κ3) is 7.25. The van der Waals surface area contributed by atoms with Crippen molar-refractivity contribution in [2.24, 2.45) is 5.89 Å². The molecule has 0 bridgehead atoms. The highest BCUT2D eigenvalue weighted by Crippen LogP contribution is 2.28. The third-order valence-corrected chi connectivity index (χ3v) is 2.28. The van der Waals surface area contributed by atoms with Gasteiger partial charge >= 0.3 is 0 Å². The van der Waals surface area contributed by atoms with Crippen LogP contribution in [0.25, 0.3) is 0 Å². The zero-order valence-corrected chi connectivity index (χ0v) is 11.4. The molecule has 1 aliphatic carbocycles. The van der Waals surface area contributed by atoms with Crippen LogP contribution in [-0.2, 0) is 11.1 Å². The van der Waals surface area contributed by atoms with Gasteiger partial charge in [0.15, 0.2) is 0 Å². The number of hydrogen-bond acceptors (Lipinski definition) is 4. The second-order valence-electron chi connectivity index (χ2n) is 4.05. The number of nitrogens with one attached hydrogen (secondary N) is 1. The Bertz CT molecular complexity index is 1100. The summed E-state index contributed by atoms with van der Waals surface area (Å²) in [5.41, 5.74) is -0.483. The number of aryl methyl sites for hydroxylation is 1. The molecule has 0 amide bonds. The van der Waals surface area contributed by atoms with Gasteiger partial charge in [0.2, 0.25) is 0 Å². The lowest BCUT2D eigenvalue weighted by molar-refractivity contribution is 0.104. The van der Waals surface area contributed by atoms with Crippen LogP contribution in [0.3, 0.4) is 0 Å². The molecule has 1 aliphatic rings. The van der Waals surface area contributed by atoms with Gasteiger partial charge in [-0.1, -0.05) is 25.8 Å². The number of ether oxygens (including phenoxy) is 2. The van der Waals surface area contributed by atoms with Gasteiger partial charge in [-0.05, 0) is 42.7 Å². The number of rotatable bonds is 11. The zero-order valence-electron chi connectivity index (χ0n) is 31.4. The standard InChI is InChI=1S/C18H29NO3/c1-14(2)19-11-17(20)13-22-18-7-5-15(6-8-18)9-10-21-12-16-3-4-16/h5-8,14,16-17,19-20H,3-4,9-13H2,1-2H3/i1D3,2D3,3D2,4D2,9D2,10D2,11D2,12D2,14D,16D. The van der Waals surface area contributed by atoms with E-state index in [4.69, 9.17) is 32.2 Å². The van der Waals surface area contributed by atoms with Crippen molar-refractivity contribution in [3.8, 4) is 5.75 Å². The van der Waals surface area contributed by atoms with Crippen LogP contribution in [0.2, 0.25) is 0 Å². The van der Waals surface area contributed by atoms with Crippen molar-refractivity contribution < 1.29 is 42.0 Å². The molecule has 2 rings (SSSR count). The molecule has 0 saturated heterocycles. The van der Waals surface area contributed by atoms with Gasteiger partial charge in [0.1, 0.15) is 18.5 Å². The first-order valence-corrected chi connectivity index (χ1v) is 6.18. The van der Waals surface area contributed by atoms with E-state index in [1.807, 2.05) is 0 Å². The van der Waals surface area contributed by atoms with Crippen molar-refractivity contribution in [2.45, 2.75) is 44.9 Å². The molecule has 4 heteroatoms. The predicted molar refractivity (Wildman–Crippen MR) is 88.3 cm³/mol. The number of hydrogen-bond donors (Lipinski definition) is 2. The van der Waals surface area contributed by atoms with E-state index in [0.29, 0.717) is 0 Å². The Labute approximate surface area is 161 Å². The molecular formula is C18H29NO3. The van der Waals surface area contributed by atoms with E-state index in [-0.39, 0.29) is 5.75 Å². The van der Waals surface area contributed by atoms with Gasteiger partial charge in [0, 0.05) is 41.0 Å². The first-order valence-electron chi connectivity index (χ1n) is 16.2. The normalized spacial score (nSPS) is 39.7. The third-order valence-electron chi connectivity index (χ3n) is 2.28. The summed E-state index contributed by atoms with van der Waals surface area (Å²) in [6.45, 7) is -18.4. The minimum absolute atomic E-state index is 0.172. The summed E-state index contributed by atoms with van der Waals surface area (Å²) < 4.78 is 164. The molecule has 1 unspecified atom stereocenters. The van der Waals surface area contributed by atoms with Crippen LogP contribution in [0.15, 0.2) is 24.3 Å². The topological polar surface area (TPSA) is 50.7 Å². The van der Waals surface area contributed by atoms with Crippen molar-refractivity contribution in [1.82, 2.24) is 5.32 Å². The number of aliphatic hydroxyl groups excluding tert-OH is 1. The Balaban J connectivity index is 2.17. The Morgan fingerprint density at radius 2 is 2.27 bits per heavy atom. The van der Waals surface area contributed by atoms with E-state index >= 15 is 0 Å². The molecule has 1 fully saturated rings. The summed E-state index contributed by atoms with van der Waals surface area (Å²) in [7, 11) is 0. The van der Waals surface area contributed by atoms with Crippen LogP contribution in [0.1, 0.15) is 59.4 Å². The molecule has 0 aliphatic heterocycles. The molecule has 22 heavy (non-hydrogen) atoms. The molecule has 1 aromatic carbocycles. The van der Waals surface area contributed by atoms with Crippen LogP contribution >= 0.6 is 0 Å². The maximum atomic E-state index is 10.2. The average Bonchev–Trinajstić information content (AvgIpc) is 3.12. The van der Waals surface area contributed by atoms with Gasteiger partial charge in [-0.15, -0.1) is 0 Å². The Kier molecular flexibility index (Phi) is 1.96. The van der Waals surface area contributed by atoms with Crippen molar-refractivity contribution in [3.63, 3.8) is 0 Å². The number of aliphatic hydroxyl groups is 1. The molecule has 1 atom stereocenters. The van der Waals surface area contributed by atoms with Crippen molar-refractivity contribution in [2.75, 3.05) is 26.2 Å².